The van der Waals surface area contributed by atoms with Gasteiger partial charge < -0.3 is 4.90 Å². The molecule has 82 valence electrons. The van der Waals surface area contributed by atoms with Crippen molar-refractivity contribution in [2.24, 2.45) is 0 Å². The summed E-state index contributed by atoms with van der Waals surface area (Å²) in [5.41, 5.74) is 0. The molecule has 2 rings (SSSR count). The van der Waals surface area contributed by atoms with Gasteiger partial charge in [-0.2, -0.15) is 0 Å². The quantitative estimate of drug-likeness (QED) is 0.790. The van der Waals surface area contributed by atoms with Gasteiger partial charge in [-0.1, -0.05) is 12.8 Å². The van der Waals surface area contributed by atoms with Crippen molar-refractivity contribution in [2.75, 3.05) is 11.4 Å². The smallest absolute Gasteiger partial charge is 0.133 e. The van der Waals surface area contributed by atoms with Crippen molar-refractivity contribution in [2.45, 2.75) is 38.6 Å². The van der Waals surface area contributed by atoms with Crippen LogP contribution in [0.5, 0.6) is 0 Å². The van der Waals surface area contributed by atoms with Crippen LogP contribution >= 0.6 is 15.9 Å². The molecule has 3 nitrogen and oxygen atoms in total. The van der Waals surface area contributed by atoms with Crippen LogP contribution in [0.25, 0.3) is 0 Å². The highest BCUT2D eigenvalue weighted by atomic mass is 79.9. The molecule has 0 unspecified atom stereocenters. The Hall–Kier alpha value is -0.640. The van der Waals surface area contributed by atoms with E-state index < -0.39 is 0 Å². The molecule has 0 amide bonds. The fourth-order valence-electron chi connectivity index (χ4n) is 2.30. The molecule has 1 heterocycles. The van der Waals surface area contributed by atoms with Crippen molar-refractivity contribution >= 4 is 21.7 Å². The Labute approximate surface area is 99.0 Å². The number of aromatic nitrogens is 2. The van der Waals surface area contributed by atoms with E-state index in [1.807, 2.05) is 6.07 Å². The zero-order valence-electron chi connectivity index (χ0n) is 8.99. The Kier molecular flexibility index (Phi) is 3.57. The van der Waals surface area contributed by atoms with E-state index in [4.69, 9.17) is 0 Å². The Bertz CT molecular complexity index is 323. The monoisotopic (exact) mass is 269 g/mol. The maximum absolute atomic E-state index is 4.34. The highest BCUT2D eigenvalue weighted by Crippen LogP contribution is 2.27. The molecule has 0 aromatic carbocycles. The van der Waals surface area contributed by atoms with Crippen molar-refractivity contribution in [1.82, 2.24) is 9.97 Å². The first-order valence-electron chi connectivity index (χ1n) is 5.55. The average molecular weight is 270 g/mol. The summed E-state index contributed by atoms with van der Waals surface area (Å²) < 4.78 is 0.865. The molecule has 1 aliphatic carbocycles. The lowest BCUT2D eigenvalue weighted by atomic mass is 10.2. The molecule has 1 aromatic heterocycles. The molecule has 1 aliphatic rings. The van der Waals surface area contributed by atoms with E-state index in [2.05, 4.69) is 37.7 Å². The maximum atomic E-state index is 4.34. The van der Waals surface area contributed by atoms with E-state index >= 15 is 0 Å². The molecule has 0 N–H and O–H groups in total. The fraction of sp³-hybridized carbons (Fsp3) is 0.636. The van der Waals surface area contributed by atoms with Gasteiger partial charge >= 0.3 is 0 Å². The lowest BCUT2D eigenvalue weighted by Gasteiger charge is -2.28. The van der Waals surface area contributed by atoms with Crippen LogP contribution in [0, 0.1) is 0 Å². The van der Waals surface area contributed by atoms with E-state index in [-0.39, 0.29) is 0 Å². The van der Waals surface area contributed by atoms with Gasteiger partial charge in [0.25, 0.3) is 0 Å². The SMILES string of the molecule is CCN(c1cc(Br)ncn1)C1CCCC1. The van der Waals surface area contributed by atoms with Crippen molar-refractivity contribution in [3.63, 3.8) is 0 Å². The molecule has 0 saturated heterocycles. The molecule has 0 spiro atoms. The Morgan fingerprint density at radius 3 is 2.73 bits per heavy atom. The van der Waals surface area contributed by atoms with Gasteiger partial charge in [0.1, 0.15) is 16.7 Å². The molecule has 4 heteroatoms. The van der Waals surface area contributed by atoms with E-state index in [1.54, 1.807) is 6.33 Å². The molecule has 0 aliphatic heterocycles. The van der Waals surface area contributed by atoms with Crippen molar-refractivity contribution < 1.29 is 0 Å². The van der Waals surface area contributed by atoms with Gasteiger partial charge in [-0.05, 0) is 35.7 Å². The van der Waals surface area contributed by atoms with Gasteiger partial charge in [-0.3, -0.25) is 0 Å². The van der Waals surface area contributed by atoms with Crippen LogP contribution in [-0.4, -0.2) is 22.6 Å². The van der Waals surface area contributed by atoms with Crippen molar-refractivity contribution in [3.8, 4) is 0 Å². The standard InChI is InChI=1S/C11H16BrN3/c1-2-15(9-5-3-4-6-9)11-7-10(12)13-8-14-11/h7-9H,2-6H2,1H3. The predicted molar refractivity (Wildman–Crippen MR) is 65.0 cm³/mol. The summed E-state index contributed by atoms with van der Waals surface area (Å²) >= 11 is 3.39. The zero-order valence-corrected chi connectivity index (χ0v) is 10.6. The van der Waals surface area contributed by atoms with Crippen LogP contribution in [0.2, 0.25) is 0 Å². The summed E-state index contributed by atoms with van der Waals surface area (Å²) in [7, 11) is 0. The summed E-state index contributed by atoms with van der Waals surface area (Å²) in [6.07, 6.45) is 6.93. The Morgan fingerprint density at radius 1 is 1.40 bits per heavy atom. The molecule has 1 aromatic rings. The summed E-state index contributed by atoms with van der Waals surface area (Å²) in [4.78, 5) is 10.8. The van der Waals surface area contributed by atoms with Crippen LogP contribution in [0.3, 0.4) is 0 Å². The summed E-state index contributed by atoms with van der Waals surface area (Å²) in [6.45, 7) is 3.21. The fourth-order valence-corrected chi connectivity index (χ4v) is 2.60. The van der Waals surface area contributed by atoms with E-state index in [9.17, 15) is 0 Å². The second-order valence-corrected chi connectivity index (χ2v) is 4.74. The van der Waals surface area contributed by atoms with Crippen LogP contribution in [0.15, 0.2) is 17.0 Å². The van der Waals surface area contributed by atoms with Crippen LogP contribution in [0.1, 0.15) is 32.6 Å². The first kappa shape index (κ1) is 10.9. The number of halogens is 1. The molecule has 1 fully saturated rings. The van der Waals surface area contributed by atoms with E-state index in [0.29, 0.717) is 6.04 Å². The van der Waals surface area contributed by atoms with Gasteiger partial charge in [0.2, 0.25) is 0 Å². The minimum absolute atomic E-state index is 0.678. The van der Waals surface area contributed by atoms with Gasteiger partial charge in [-0.15, -0.1) is 0 Å². The highest BCUT2D eigenvalue weighted by Gasteiger charge is 2.22. The molecular weight excluding hydrogens is 254 g/mol. The minimum atomic E-state index is 0.678. The van der Waals surface area contributed by atoms with E-state index in [1.165, 1.54) is 25.7 Å². The first-order chi connectivity index (χ1) is 7.31. The lowest BCUT2D eigenvalue weighted by molar-refractivity contribution is 0.612. The number of anilines is 1. The minimum Gasteiger partial charge on any atom is -0.354 e. The average Bonchev–Trinajstić information content (AvgIpc) is 2.72. The third-order valence-corrected chi connectivity index (χ3v) is 3.45. The number of hydrogen-bond donors (Lipinski definition) is 0. The van der Waals surface area contributed by atoms with Crippen LogP contribution in [-0.2, 0) is 0 Å². The second-order valence-electron chi connectivity index (χ2n) is 3.92. The summed E-state index contributed by atoms with van der Waals surface area (Å²) in [5, 5.41) is 0. The molecule has 0 bridgehead atoms. The van der Waals surface area contributed by atoms with Crippen LogP contribution < -0.4 is 4.90 Å². The number of hydrogen-bond acceptors (Lipinski definition) is 3. The zero-order chi connectivity index (χ0) is 10.7. The Balaban J connectivity index is 2.18. The molecule has 1 saturated carbocycles. The normalized spacial score (nSPS) is 16.9. The summed E-state index contributed by atoms with van der Waals surface area (Å²) in [6, 6.07) is 2.68. The predicted octanol–water partition coefficient (Wildman–Crippen LogP) is 3.01. The van der Waals surface area contributed by atoms with Crippen molar-refractivity contribution in [3.05, 3.63) is 17.0 Å². The number of nitrogens with zero attached hydrogens (tertiary/aromatic N) is 3. The molecular formula is C11H16BrN3. The number of rotatable bonds is 3. The second kappa shape index (κ2) is 4.92. The van der Waals surface area contributed by atoms with E-state index in [0.717, 1.165) is 17.0 Å². The largest absolute Gasteiger partial charge is 0.354 e. The third-order valence-electron chi connectivity index (χ3n) is 3.02. The molecule has 0 radical (unpaired) electrons. The summed E-state index contributed by atoms with van der Waals surface area (Å²) in [5.74, 6) is 1.05. The molecule has 15 heavy (non-hydrogen) atoms. The van der Waals surface area contributed by atoms with Gasteiger partial charge in [0.15, 0.2) is 0 Å². The third kappa shape index (κ3) is 2.48. The van der Waals surface area contributed by atoms with Gasteiger partial charge in [0.05, 0.1) is 0 Å². The molecule has 0 atom stereocenters. The topological polar surface area (TPSA) is 29.0 Å². The van der Waals surface area contributed by atoms with Gasteiger partial charge in [0, 0.05) is 18.7 Å². The maximum Gasteiger partial charge on any atom is 0.133 e. The van der Waals surface area contributed by atoms with Gasteiger partial charge in [-0.25, -0.2) is 9.97 Å². The lowest BCUT2D eigenvalue weighted by Crippen LogP contribution is -2.33. The highest BCUT2D eigenvalue weighted by molar-refractivity contribution is 9.10. The van der Waals surface area contributed by atoms with Crippen LogP contribution in [0.4, 0.5) is 5.82 Å². The van der Waals surface area contributed by atoms with Crippen molar-refractivity contribution in [1.29, 1.82) is 0 Å². The first-order valence-corrected chi connectivity index (χ1v) is 6.34. The Morgan fingerprint density at radius 2 is 2.13 bits per heavy atom.